The third-order valence-corrected chi connectivity index (χ3v) is 8.46. The van der Waals surface area contributed by atoms with Gasteiger partial charge < -0.3 is 15.1 Å². The molecule has 6 heteroatoms. The molecule has 3 unspecified atom stereocenters. The number of aromatic nitrogens is 2. The number of pyridine rings is 2. The largest absolute Gasteiger partial charge is 0.370 e. The molecule has 0 radical (unpaired) electrons. The molecule has 3 atom stereocenters. The zero-order valence-electron chi connectivity index (χ0n) is 20.9. The lowest BCUT2D eigenvalue weighted by atomic mass is 9.89. The maximum absolute atomic E-state index is 14.9. The average molecular weight is 474 g/mol. The number of rotatable bonds is 5. The highest BCUT2D eigenvalue weighted by Crippen LogP contribution is 2.39. The zero-order chi connectivity index (χ0) is 23.9. The maximum Gasteiger partial charge on any atom is 0.127 e. The Bertz CT molecular complexity index is 1200. The lowest BCUT2D eigenvalue weighted by molar-refractivity contribution is 0.178. The molecule has 3 aromatic rings. The van der Waals surface area contributed by atoms with Crippen LogP contribution < -0.4 is 10.2 Å². The van der Waals surface area contributed by atoms with Crippen molar-refractivity contribution < 1.29 is 4.39 Å². The van der Waals surface area contributed by atoms with Crippen molar-refractivity contribution in [2.24, 2.45) is 17.8 Å². The molecule has 0 saturated carbocycles. The van der Waals surface area contributed by atoms with Crippen molar-refractivity contribution >= 4 is 16.6 Å². The van der Waals surface area contributed by atoms with Crippen LogP contribution in [0.3, 0.4) is 0 Å². The summed E-state index contributed by atoms with van der Waals surface area (Å²) >= 11 is 0. The Balaban J connectivity index is 1.37. The zero-order valence-corrected chi connectivity index (χ0v) is 20.9. The summed E-state index contributed by atoms with van der Waals surface area (Å²) in [7, 11) is 2.22. The van der Waals surface area contributed by atoms with Gasteiger partial charge in [-0.25, -0.2) is 9.37 Å². The summed E-state index contributed by atoms with van der Waals surface area (Å²) in [4.78, 5) is 14.7. The summed E-state index contributed by atoms with van der Waals surface area (Å²) in [5, 5.41) is 4.37. The van der Waals surface area contributed by atoms with Gasteiger partial charge in [0.1, 0.15) is 5.82 Å². The van der Waals surface area contributed by atoms with Crippen LogP contribution in [-0.4, -0.2) is 61.2 Å². The molecule has 3 aliphatic rings. The molecule has 0 aliphatic carbocycles. The smallest absolute Gasteiger partial charge is 0.127 e. The van der Waals surface area contributed by atoms with Crippen molar-refractivity contribution in [1.29, 1.82) is 0 Å². The van der Waals surface area contributed by atoms with Crippen LogP contribution >= 0.6 is 0 Å². The van der Waals surface area contributed by atoms with E-state index in [-0.39, 0.29) is 5.82 Å². The molecule has 0 bridgehead atoms. The van der Waals surface area contributed by atoms with E-state index >= 15 is 0 Å². The van der Waals surface area contributed by atoms with Crippen LogP contribution in [0.5, 0.6) is 0 Å². The number of nitrogens with zero attached hydrogens (tertiary/aromatic N) is 4. The second-order valence-corrected chi connectivity index (χ2v) is 10.9. The Morgan fingerprint density at radius 3 is 2.74 bits per heavy atom. The Morgan fingerprint density at radius 1 is 1.09 bits per heavy atom. The van der Waals surface area contributed by atoms with Crippen LogP contribution in [-0.2, 0) is 12.8 Å². The highest BCUT2D eigenvalue weighted by Gasteiger charge is 2.37. The van der Waals surface area contributed by atoms with Crippen LogP contribution in [0.1, 0.15) is 31.0 Å². The number of nitrogens with one attached hydrogen (secondary N) is 1. The van der Waals surface area contributed by atoms with Crippen molar-refractivity contribution in [3.8, 4) is 11.3 Å². The monoisotopic (exact) mass is 473 g/mol. The second-order valence-electron chi connectivity index (χ2n) is 10.9. The highest BCUT2D eigenvalue weighted by atomic mass is 19.1. The molecule has 35 heavy (non-hydrogen) atoms. The summed E-state index contributed by atoms with van der Waals surface area (Å²) in [6.45, 7) is 8.58. The van der Waals surface area contributed by atoms with Gasteiger partial charge in [0.15, 0.2) is 0 Å². The Hall–Kier alpha value is -2.57. The number of benzene rings is 1. The van der Waals surface area contributed by atoms with Gasteiger partial charge in [0.05, 0.1) is 11.2 Å². The number of fused-ring (bicyclic) bond motifs is 2. The summed E-state index contributed by atoms with van der Waals surface area (Å²) in [5.41, 5.74) is 5.82. The van der Waals surface area contributed by atoms with Crippen molar-refractivity contribution in [2.45, 2.75) is 32.6 Å². The van der Waals surface area contributed by atoms with Crippen LogP contribution in [0.4, 0.5) is 10.1 Å². The minimum Gasteiger partial charge on any atom is -0.370 e. The maximum atomic E-state index is 14.9. The van der Waals surface area contributed by atoms with Gasteiger partial charge >= 0.3 is 0 Å². The Kier molecular flexibility index (Phi) is 6.19. The first-order chi connectivity index (χ1) is 17.1. The number of hydrogen-bond acceptors (Lipinski definition) is 5. The van der Waals surface area contributed by atoms with Gasteiger partial charge in [-0.1, -0.05) is 6.92 Å². The Morgan fingerprint density at radius 2 is 1.97 bits per heavy atom. The fourth-order valence-electron chi connectivity index (χ4n) is 6.38. The Labute approximate surface area is 207 Å². The van der Waals surface area contributed by atoms with E-state index in [1.807, 2.05) is 19.2 Å². The second kappa shape index (κ2) is 9.47. The SMILES string of the molecule is CCc1cc2nc(-c3ccc(CC4CCNC4)nc3)cc(N3CC4CCN(C)CC4C3)c2cc1F. The first-order valence-electron chi connectivity index (χ1n) is 13.3. The topological polar surface area (TPSA) is 44.3 Å². The highest BCUT2D eigenvalue weighted by molar-refractivity contribution is 5.95. The van der Waals surface area contributed by atoms with E-state index in [1.54, 1.807) is 6.07 Å². The number of anilines is 1. The molecule has 3 saturated heterocycles. The summed E-state index contributed by atoms with van der Waals surface area (Å²) in [6.07, 6.45) is 6.12. The fourth-order valence-corrected chi connectivity index (χ4v) is 6.38. The summed E-state index contributed by atoms with van der Waals surface area (Å²) in [6, 6.07) is 10.1. The number of hydrogen-bond donors (Lipinski definition) is 1. The summed E-state index contributed by atoms with van der Waals surface area (Å²) in [5.74, 6) is 1.94. The molecule has 6 rings (SSSR count). The molecule has 184 valence electrons. The van der Waals surface area contributed by atoms with Gasteiger partial charge in [0.25, 0.3) is 0 Å². The van der Waals surface area contributed by atoms with Crippen molar-refractivity contribution in [2.75, 3.05) is 51.2 Å². The van der Waals surface area contributed by atoms with Gasteiger partial charge in [0, 0.05) is 48.2 Å². The van der Waals surface area contributed by atoms with Crippen molar-refractivity contribution in [1.82, 2.24) is 20.2 Å². The van der Waals surface area contributed by atoms with E-state index in [2.05, 4.69) is 40.4 Å². The molecular formula is C29H36FN5. The van der Waals surface area contributed by atoms with Gasteiger partial charge in [-0.15, -0.1) is 0 Å². The normalized spacial score (nSPS) is 24.9. The van der Waals surface area contributed by atoms with E-state index in [1.165, 1.54) is 19.4 Å². The predicted molar refractivity (Wildman–Crippen MR) is 140 cm³/mol. The molecule has 1 aromatic carbocycles. The number of piperidine rings is 1. The van der Waals surface area contributed by atoms with Gasteiger partial charge in [-0.05, 0) is 106 Å². The van der Waals surface area contributed by atoms with Crippen molar-refractivity contribution in [3.63, 3.8) is 0 Å². The van der Waals surface area contributed by atoms with Crippen LogP contribution in [0.25, 0.3) is 22.2 Å². The first kappa shape index (κ1) is 22.9. The van der Waals surface area contributed by atoms with Crippen LogP contribution in [0, 0.1) is 23.6 Å². The number of likely N-dealkylation sites (tertiary alicyclic amines) is 1. The van der Waals surface area contributed by atoms with E-state index in [0.717, 1.165) is 78.2 Å². The minimum absolute atomic E-state index is 0.125. The molecule has 5 nitrogen and oxygen atoms in total. The lowest BCUT2D eigenvalue weighted by Gasteiger charge is -2.31. The molecule has 2 aromatic heterocycles. The van der Waals surface area contributed by atoms with Crippen LogP contribution in [0.15, 0.2) is 36.5 Å². The van der Waals surface area contributed by atoms with Gasteiger partial charge in [-0.3, -0.25) is 4.98 Å². The molecule has 3 aliphatic heterocycles. The number of aryl methyl sites for hydroxylation is 1. The standard InChI is InChI=1S/C29H36FN5/c1-3-20-11-28-25(12-26(20)30)29(35-17-22-7-9-34(2)16-23(22)18-35)13-27(33-28)21-4-5-24(32-15-21)10-19-6-8-31-14-19/h4-5,11-13,15,19,22-23,31H,3,6-10,14,16-18H2,1-2H3. The average Bonchev–Trinajstić information content (AvgIpc) is 3.53. The predicted octanol–water partition coefficient (Wildman–Crippen LogP) is 4.54. The molecular weight excluding hydrogens is 437 g/mol. The van der Waals surface area contributed by atoms with Crippen LogP contribution in [0.2, 0.25) is 0 Å². The van der Waals surface area contributed by atoms with E-state index in [4.69, 9.17) is 9.97 Å². The molecule has 0 spiro atoms. The number of halogens is 1. The van der Waals surface area contributed by atoms with Crippen molar-refractivity contribution in [3.05, 3.63) is 53.6 Å². The first-order valence-corrected chi connectivity index (χ1v) is 13.3. The molecule has 0 amide bonds. The quantitative estimate of drug-likeness (QED) is 0.590. The molecule has 3 fully saturated rings. The van der Waals surface area contributed by atoms with Gasteiger partial charge in [0.2, 0.25) is 0 Å². The third-order valence-electron chi connectivity index (χ3n) is 8.46. The molecule has 1 N–H and O–H groups in total. The third kappa shape index (κ3) is 4.54. The van der Waals surface area contributed by atoms with Gasteiger partial charge in [-0.2, -0.15) is 0 Å². The van der Waals surface area contributed by atoms with E-state index in [0.29, 0.717) is 24.2 Å². The van der Waals surface area contributed by atoms with E-state index in [9.17, 15) is 4.39 Å². The summed E-state index contributed by atoms with van der Waals surface area (Å²) < 4.78 is 14.9. The van der Waals surface area contributed by atoms with E-state index < -0.39 is 0 Å². The minimum atomic E-state index is -0.125. The lowest BCUT2D eigenvalue weighted by Crippen LogP contribution is -2.37. The fraction of sp³-hybridized carbons (Fsp3) is 0.517. The molecule has 5 heterocycles.